The number of nitrogens with zero attached hydrogens (tertiary/aromatic N) is 1. The Kier molecular flexibility index (Phi) is 8.24. The Bertz CT molecular complexity index is 1600. The summed E-state index contributed by atoms with van der Waals surface area (Å²) in [5.41, 5.74) is 6.33. The van der Waals surface area contributed by atoms with Crippen LogP contribution in [0.1, 0.15) is 59.5 Å². The van der Waals surface area contributed by atoms with Gasteiger partial charge in [-0.2, -0.15) is 0 Å². The molecule has 2 N–H and O–H groups in total. The molecule has 0 aliphatic rings. The zero-order valence-electron chi connectivity index (χ0n) is 23.8. The van der Waals surface area contributed by atoms with Crippen LogP contribution in [-0.2, 0) is 17.2 Å². The van der Waals surface area contributed by atoms with Gasteiger partial charge in [0, 0.05) is 35.7 Å². The van der Waals surface area contributed by atoms with E-state index in [1.54, 1.807) is 50.5 Å². The van der Waals surface area contributed by atoms with Crippen LogP contribution in [0.3, 0.4) is 0 Å². The van der Waals surface area contributed by atoms with E-state index in [4.69, 9.17) is 4.74 Å². The van der Waals surface area contributed by atoms with E-state index in [0.29, 0.717) is 34.8 Å². The topological polar surface area (TPSA) is 89.4 Å². The molecule has 0 radical (unpaired) electrons. The molecule has 0 aliphatic carbocycles. The van der Waals surface area contributed by atoms with Crippen molar-refractivity contribution in [1.29, 1.82) is 0 Å². The Morgan fingerprint density at radius 1 is 0.900 bits per heavy atom. The Balaban J connectivity index is 1.59. The average molecular weight is 538 g/mol. The monoisotopic (exact) mass is 537 g/mol. The number of carbonyl (C=O) groups is 2. The number of rotatable bonds is 7. The molecule has 7 heteroatoms. The minimum atomic E-state index is -0.392. The lowest BCUT2D eigenvalue weighted by molar-refractivity contribution is 0.0526. The molecule has 1 amide bonds. The maximum absolute atomic E-state index is 13.0. The SMILES string of the molecule is CCOC(=O)c1ccc(Nc2cc(-c3cccc(NC(=O)c4ccc(C(C)(C)C)cc4)c3C)cn(C)c2=O)cc1. The fourth-order valence-electron chi connectivity index (χ4n) is 4.41. The molecule has 0 unspecified atom stereocenters. The van der Waals surface area contributed by atoms with Crippen molar-refractivity contribution in [2.45, 2.75) is 40.0 Å². The van der Waals surface area contributed by atoms with Gasteiger partial charge in [-0.3, -0.25) is 9.59 Å². The van der Waals surface area contributed by atoms with E-state index < -0.39 is 5.97 Å². The second-order valence-electron chi connectivity index (χ2n) is 10.7. The van der Waals surface area contributed by atoms with Gasteiger partial charge in [0.05, 0.1) is 12.2 Å². The summed E-state index contributed by atoms with van der Waals surface area (Å²) in [6, 6.07) is 21.9. The summed E-state index contributed by atoms with van der Waals surface area (Å²) < 4.78 is 6.55. The largest absolute Gasteiger partial charge is 0.462 e. The minimum Gasteiger partial charge on any atom is -0.462 e. The number of anilines is 3. The van der Waals surface area contributed by atoms with Gasteiger partial charge >= 0.3 is 5.97 Å². The summed E-state index contributed by atoms with van der Waals surface area (Å²) in [6.45, 7) is 10.4. The molecule has 40 heavy (non-hydrogen) atoms. The second kappa shape index (κ2) is 11.6. The lowest BCUT2D eigenvalue weighted by Crippen LogP contribution is -2.19. The van der Waals surface area contributed by atoms with E-state index in [1.165, 1.54) is 4.57 Å². The van der Waals surface area contributed by atoms with Crippen molar-refractivity contribution in [3.05, 3.63) is 112 Å². The number of pyridine rings is 1. The molecule has 3 aromatic carbocycles. The fraction of sp³-hybridized carbons (Fsp3) is 0.242. The summed E-state index contributed by atoms with van der Waals surface area (Å²) >= 11 is 0. The number of aromatic nitrogens is 1. The highest BCUT2D eigenvalue weighted by molar-refractivity contribution is 6.05. The van der Waals surface area contributed by atoms with Crippen LogP contribution in [0.15, 0.2) is 83.8 Å². The first-order valence-corrected chi connectivity index (χ1v) is 13.2. The number of amides is 1. The van der Waals surface area contributed by atoms with Crippen molar-refractivity contribution in [3.8, 4) is 11.1 Å². The molecule has 206 valence electrons. The molecule has 0 spiro atoms. The molecule has 0 saturated carbocycles. The third kappa shape index (κ3) is 6.31. The van der Waals surface area contributed by atoms with Gasteiger partial charge in [0.2, 0.25) is 0 Å². The molecular weight excluding hydrogens is 502 g/mol. The molecule has 4 rings (SSSR count). The maximum Gasteiger partial charge on any atom is 0.338 e. The van der Waals surface area contributed by atoms with E-state index >= 15 is 0 Å². The van der Waals surface area contributed by atoms with Crippen molar-refractivity contribution in [2.24, 2.45) is 7.05 Å². The van der Waals surface area contributed by atoms with Crippen LogP contribution < -0.4 is 16.2 Å². The lowest BCUT2D eigenvalue weighted by Gasteiger charge is -2.19. The summed E-state index contributed by atoms with van der Waals surface area (Å²) in [7, 11) is 1.70. The molecule has 7 nitrogen and oxygen atoms in total. The molecule has 1 aromatic heterocycles. The molecule has 1 heterocycles. The summed E-state index contributed by atoms with van der Waals surface area (Å²) in [5.74, 6) is -0.578. The number of nitrogens with one attached hydrogen (secondary N) is 2. The van der Waals surface area contributed by atoms with E-state index in [2.05, 4.69) is 31.4 Å². The molecule has 0 fully saturated rings. The van der Waals surface area contributed by atoms with Gasteiger partial charge in [-0.25, -0.2) is 4.79 Å². The summed E-state index contributed by atoms with van der Waals surface area (Å²) in [5, 5.41) is 6.21. The van der Waals surface area contributed by atoms with Crippen LogP contribution in [-0.4, -0.2) is 23.1 Å². The van der Waals surface area contributed by atoms with Crippen molar-refractivity contribution in [3.63, 3.8) is 0 Å². The zero-order chi connectivity index (χ0) is 29.0. The average Bonchev–Trinajstić information content (AvgIpc) is 2.92. The van der Waals surface area contributed by atoms with Crippen molar-refractivity contribution in [1.82, 2.24) is 4.57 Å². The lowest BCUT2D eigenvalue weighted by atomic mass is 9.86. The Hall–Kier alpha value is -4.65. The smallest absolute Gasteiger partial charge is 0.338 e. The van der Waals surface area contributed by atoms with Gasteiger partial charge in [0.25, 0.3) is 11.5 Å². The van der Waals surface area contributed by atoms with Crippen LogP contribution in [0.25, 0.3) is 11.1 Å². The van der Waals surface area contributed by atoms with Gasteiger partial charge in [0.1, 0.15) is 5.69 Å². The van der Waals surface area contributed by atoms with E-state index in [9.17, 15) is 14.4 Å². The number of hydrogen-bond donors (Lipinski definition) is 2. The Morgan fingerprint density at radius 2 is 1.55 bits per heavy atom. The zero-order valence-corrected chi connectivity index (χ0v) is 23.8. The Labute approximate surface area is 234 Å². The molecule has 0 atom stereocenters. The first-order valence-electron chi connectivity index (χ1n) is 13.2. The van der Waals surface area contributed by atoms with E-state index in [-0.39, 0.29) is 16.9 Å². The molecular formula is C33H35N3O4. The fourth-order valence-corrected chi connectivity index (χ4v) is 4.41. The summed E-state index contributed by atoms with van der Waals surface area (Å²) in [6.07, 6.45) is 1.77. The third-order valence-corrected chi connectivity index (χ3v) is 6.76. The molecule has 0 bridgehead atoms. The predicted octanol–water partition coefficient (Wildman–Crippen LogP) is 6.83. The van der Waals surface area contributed by atoms with Crippen LogP contribution in [0.4, 0.5) is 17.1 Å². The van der Waals surface area contributed by atoms with Gasteiger partial charge in [-0.1, -0.05) is 45.0 Å². The first-order chi connectivity index (χ1) is 19.0. The highest BCUT2D eigenvalue weighted by Crippen LogP contribution is 2.30. The number of ether oxygens (including phenoxy) is 1. The summed E-state index contributed by atoms with van der Waals surface area (Å²) in [4.78, 5) is 37.9. The number of benzene rings is 3. The van der Waals surface area contributed by atoms with E-state index in [0.717, 1.165) is 22.3 Å². The van der Waals surface area contributed by atoms with Crippen LogP contribution in [0, 0.1) is 6.92 Å². The third-order valence-electron chi connectivity index (χ3n) is 6.76. The standard InChI is InChI=1S/C33H35N3O4/c1-7-40-32(39)23-13-17-26(18-14-23)34-29-19-24(20-36(6)31(29)38)27-9-8-10-28(21(27)2)35-30(37)22-11-15-25(16-12-22)33(3,4)5/h8-20,34H,7H2,1-6H3,(H,35,37). The number of hydrogen-bond acceptors (Lipinski definition) is 5. The van der Waals surface area contributed by atoms with Gasteiger partial charge in [0.15, 0.2) is 0 Å². The van der Waals surface area contributed by atoms with Crippen molar-refractivity contribution in [2.75, 3.05) is 17.2 Å². The minimum absolute atomic E-state index is 0.00943. The number of aryl methyl sites for hydroxylation is 1. The Morgan fingerprint density at radius 3 is 2.17 bits per heavy atom. The van der Waals surface area contributed by atoms with Gasteiger partial charge in [-0.05, 0) is 84.5 Å². The van der Waals surface area contributed by atoms with Gasteiger partial charge in [-0.15, -0.1) is 0 Å². The van der Waals surface area contributed by atoms with Crippen LogP contribution in [0.5, 0.6) is 0 Å². The highest BCUT2D eigenvalue weighted by Gasteiger charge is 2.16. The predicted molar refractivity (Wildman–Crippen MR) is 161 cm³/mol. The van der Waals surface area contributed by atoms with Gasteiger partial charge < -0.3 is 19.9 Å². The first kappa shape index (κ1) is 28.4. The van der Waals surface area contributed by atoms with E-state index in [1.807, 2.05) is 49.4 Å². The van der Waals surface area contributed by atoms with Crippen molar-refractivity contribution >= 4 is 28.9 Å². The highest BCUT2D eigenvalue weighted by atomic mass is 16.5. The van der Waals surface area contributed by atoms with Crippen LogP contribution >= 0.6 is 0 Å². The second-order valence-corrected chi connectivity index (χ2v) is 10.7. The number of carbonyl (C=O) groups excluding carboxylic acids is 2. The molecule has 0 saturated heterocycles. The van der Waals surface area contributed by atoms with Crippen LogP contribution in [0.2, 0.25) is 0 Å². The maximum atomic E-state index is 13.0. The molecule has 0 aliphatic heterocycles. The molecule has 4 aromatic rings. The number of esters is 1. The van der Waals surface area contributed by atoms with Crippen molar-refractivity contribution < 1.29 is 14.3 Å². The quantitative estimate of drug-likeness (QED) is 0.252. The normalized spacial score (nSPS) is 11.2.